The highest BCUT2D eigenvalue weighted by atomic mass is 35.5. The van der Waals surface area contributed by atoms with Crippen molar-refractivity contribution in [2.24, 2.45) is 0 Å². The fraction of sp³-hybridized carbons (Fsp3) is 0.333. The Hall–Kier alpha value is -1.60. The van der Waals surface area contributed by atoms with E-state index in [9.17, 15) is 9.59 Å². The van der Waals surface area contributed by atoms with Crippen molar-refractivity contribution in [3.8, 4) is 0 Å². The van der Waals surface area contributed by atoms with Crippen molar-refractivity contribution in [2.45, 2.75) is 13.5 Å². The number of carbonyl (C=O) groups excluding carboxylic acids is 2. The number of rotatable bonds is 8. The molecule has 0 aliphatic heterocycles. The van der Waals surface area contributed by atoms with Gasteiger partial charge in [-0.05, 0) is 30.8 Å². The van der Waals surface area contributed by atoms with Crippen LogP contribution in [0.2, 0.25) is 9.36 Å². The average Bonchev–Trinajstić information content (AvgIpc) is 3.01. The highest BCUT2D eigenvalue weighted by Gasteiger charge is 2.17. The highest BCUT2D eigenvalue weighted by Crippen LogP contribution is 2.23. The Balaban J connectivity index is 1.85. The second-order valence-electron chi connectivity index (χ2n) is 5.79. The molecule has 0 saturated carbocycles. The number of hydrogen-bond donors (Lipinski definition) is 1. The van der Waals surface area contributed by atoms with Crippen LogP contribution in [0, 0.1) is 0 Å². The Morgan fingerprint density at radius 3 is 2.46 bits per heavy atom. The zero-order chi connectivity index (χ0) is 19.1. The fourth-order valence-corrected chi connectivity index (χ4v) is 3.62. The van der Waals surface area contributed by atoms with Crippen LogP contribution >= 0.6 is 34.5 Å². The van der Waals surface area contributed by atoms with E-state index in [0.717, 1.165) is 15.8 Å². The van der Waals surface area contributed by atoms with E-state index in [1.54, 1.807) is 31.3 Å². The molecular weight excluding hydrogens is 393 g/mol. The van der Waals surface area contributed by atoms with E-state index in [4.69, 9.17) is 23.2 Å². The molecule has 1 N–H and O–H groups in total. The average molecular weight is 414 g/mol. The van der Waals surface area contributed by atoms with Crippen molar-refractivity contribution >= 4 is 52.0 Å². The van der Waals surface area contributed by atoms with Gasteiger partial charge in [-0.1, -0.05) is 42.3 Å². The van der Waals surface area contributed by atoms with Crippen LogP contribution in [0.4, 0.5) is 5.69 Å². The first-order valence-corrected chi connectivity index (χ1v) is 9.71. The van der Waals surface area contributed by atoms with E-state index in [-0.39, 0.29) is 24.9 Å². The highest BCUT2D eigenvalue weighted by molar-refractivity contribution is 7.16. The number of nitrogens with one attached hydrogen (secondary N) is 1. The maximum atomic E-state index is 12.4. The third-order valence-electron chi connectivity index (χ3n) is 3.77. The number of thiophene rings is 1. The molecule has 0 saturated heterocycles. The Bertz CT molecular complexity index is 766. The number of para-hydroxylation sites is 1. The second-order valence-corrected chi connectivity index (χ2v) is 7.99. The van der Waals surface area contributed by atoms with E-state index < -0.39 is 0 Å². The van der Waals surface area contributed by atoms with Gasteiger partial charge < -0.3 is 10.2 Å². The maximum absolute atomic E-state index is 12.4. The molecule has 1 heterocycles. The molecule has 0 bridgehead atoms. The topological polar surface area (TPSA) is 52.7 Å². The minimum atomic E-state index is -0.290. The number of halogens is 2. The summed E-state index contributed by atoms with van der Waals surface area (Å²) in [5.74, 6) is -0.411. The summed E-state index contributed by atoms with van der Waals surface area (Å²) in [6.45, 7) is 3.57. The SMILES string of the molecule is CCN(CC(=O)N(C)CC(=O)Nc1ccccc1Cl)Cc1ccc(Cl)s1. The molecule has 2 amide bonds. The van der Waals surface area contributed by atoms with Crippen molar-refractivity contribution < 1.29 is 9.59 Å². The van der Waals surface area contributed by atoms with Crippen LogP contribution in [-0.4, -0.2) is 48.3 Å². The van der Waals surface area contributed by atoms with Crippen LogP contribution in [0.5, 0.6) is 0 Å². The molecule has 1 aromatic carbocycles. The summed E-state index contributed by atoms with van der Waals surface area (Å²) in [6, 6.07) is 10.8. The molecule has 1 aromatic heterocycles. The third kappa shape index (κ3) is 6.29. The van der Waals surface area contributed by atoms with Gasteiger partial charge in [-0.2, -0.15) is 0 Å². The normalized spacial score (nSPS) is 10.8. The van der Waals surface area contributed by atoms with Gasteiger partial charge in [0.25, 0.3) is 0 Å². The number of nitrogens with zero attached hydrogens (tertiary/aromatic N) is 2. The van der Waals surface area contributed by atoms with E-state index in [2.05, 4.69) is 5.32 Å². The molecular formula is C18H21Cl2N3O2S. The molecule has 140 valence electrons. The molecule has 0 spiro atoms. The van der Waals surface area contributed by atoms with Gasteiger partial charge in [0, 0.05) is 18.5 Å². The van der Waals surface area contributed by atoms with E-state index in [0.29, 0.717) is 17.3 Å². The first kappa shape index (κ1) is 20.7. The second kappa shape index (κ2) is 9.92. The minimum absolute atomic E-state index is 0.0353. The zero-order valence-electron chi connectivity index (χ0n) is 14.7. The molecule has 8 heteroatoms. The predicted molar refractivity (Wildman–Crippen MR) is 108 cm³/mol. The van der Waals surface area contributed by atoms with Gasteiger partial charge in [-0.25, -0.2) is 0 Å². The third-order valence-corrected chi connectivity index (χ3v) is 5.31. The lowest BCUT2D eigenvalue weighted by molar-refractivity contribution is -0.134. The van der Waals surface area contributed by atoms with Crippen LogP contribution in [0.25, 0.3) is 0 Å². The van der Waals surface area contributed by atoms with E-state index in [1.165, 1.54) is 16.2 Å². The minimum Gasteiger partial charge on any atom is -0.335 e. The fourth-order valence-electron chi connectivity index (χ4n) is 2.30. The number of carbonyl (C=O) groups is 2. The van der Waals surface area contributed by atoms with Crippen LogP contribution < -0.4 is 5.32 Å². The van der Waals surface area contributed by atoms with Crippen molar-refractivity contribution in [2.75, 3.05) is 32.0 Å². The van der Waals surface area contributed by atoms with E-state index >= 15 is 0 Å². The largest absolute Gasteiger partial charge is 0.335 e. The molecule has 0 atom stereocenters. The van der Waals surface area contributed by atoms with Crippen molar-refractivity contribution in [1.82, 2.24) is 9.80 Å². The van der Waals surface area contributed by atoms with Crippen LogP contribution in [0.1, 0.15) is 11.8 Å². The summed E-state index contributed by atoms with van der Waals surface area (Å²) in [6.07, 6.45) is 0. The lowest BCUT2D eigenvalue weighted by Gasteiger charge is -2.23. The molecule has 0 unspecified atom stereocenters. The summed E-state index contributed by atoms with van der Waals surface area (Å²) >= 11 is 13.5. The number of anilines is 1. The Morgan fingerprint density at radius 1 is 1.12 bits per heavy atom. The standard InChI is InChI=1S/C18H21Cl2N3O2S/c1-3-23(10-13-8-9-16(20)26-13)12-18(25)22(2)11-17(24)21-15-7-5-4-6-14(15)19/h4-9H,3,10-12H2,1-2H3,(H,21,24). The number of hydrogen-bond acceptors (Lipinski definition) is 4. The Labute approximate surface area is 167 Å². The van der Waals surface area contributed by atoms with Gasteiger partial charge in [0.15, 0.2) is 0 Å². The summed E-state index contributed by atoms with van der Waals surface area (Å²) < 4.78 is 0.732. The summed E-state index contributed by atoms with van der Waals surface area (Å²) in [5, 5.41) is 3.17. The molecule has 5 nitrogen and oxygen atoms in total. The van der Waals surface area contributed by atoms with Gasteiger partial charge in [-0.3, -0.25) is 14.5 Å². The molecule has 0 aliphatic carbocycles. The van der Waals surface area contributed by atoms with Crippen molar-refractivity contribution in [3.05, 3.63) is 50.6 Å². The van der Waals surface area contributed by atoms with Crippen LogP contribution in [-0.2, 0) is 16.1 Å². The lowest BCUT2D eigenvalue weighted by Crippen LogP contribution is -2.41. The molecule has 0 fully saturated rings. The number of likely N-dealkylation sites (N-methyl/N-ethyl adjacent to an activating group) is 2. The quantitative estimate of drug-likeness (QED) is 0.711. The van der Waals surface area contributed by atoms with Crippen molar-refractivity contribution in [3.63, 3.8) is 0 Å². The van der Waals surface area contributed by atoms with Crippen LogP contribution in [0.3, 0.4) is 0 Å². The molecule has 2 rings (SSSR count). The van der Waals surface area contributed by atoms with Gasteiger partial charge >= 0.3 is 0 Å². The van der Waals surface area contributed by atoms with E-state index in [1.807, 2.05) is 24.0 Å². The molecule has 0 aliphatic rings. The molecule has 26 heavy (non-hydrogen) atoms. The van der Waals surface area contributed by atoms with Crippen LogP contribution in [0.15, 0.2) is 36.4 Å². The summed E-state index contributed by atoms with van der Waals surface area (Å²) in [5.41, 5.74) is 0.532. The Morgan fingerprint density at radius 2 is 1.85 bits per heavy atom. The molecule has 2 aromatic rings. The van der Waals surface area contributed by atoms with Gasteiger partial charge in [0.2, 0.25) is 11.8 Å². The number of benzene rings is 1. The Kier molecular flexibility index (Phi) is 7.90. The van der Waals surface area contributed by atoms with Gasteiger partial charge in [-0.15, -0.1) is 11.3 Å². The smallest absolute Gasteiger partial charge is 0.244 e. The summed E-state index contributed by atoms with van der Waals surface area (Å²) in [7, 11) is 1.62. The lowest BCUT2D eigenvalue weighted by atomic mass is 10.3. The maximum Gasteiger partial charge on any atom is 0.244 e. The molecule has 0 radical (unpaired) electrons. The monoisotopic (exact) mass is 413 g/mol. The first-order chi connectivity index (χ1) is 12.4. The van der Waals surface area contributed by atoms with Crippen molar-refractivity contribution in [1.29, 1.82) is 0 Å². The van der Waals surface area contributed by atoms with Gasteiger partial charge in [0.1, 0.15) is 0 Å². The zero-order valence-corrected chi connectivity index (χ0v) is 17.0. The number of amides is 2. The summed E-state index contributed by atoms with van der Waals surface area (Å²) in [4.78, 5) is 29.1. The predicted octanol–water partition coefficient (Wildman–Crippen LogP) is 3.97. The first-order valence-electron chi connectivity index (χ1n) is 8.14. The van der Waals surface area contributed by atoms with Gasteiger partial charge in [0.05, 0.1) is 28.1 Å².